The van der Waals surface area contributed by atoms with Crippen molar-refractivity contribution in [3.63, 3.8) is 0 Å². The van der Waals surface area contributed by atoms with Gasteiger partial charge in [-0.15, -0.1) is 0 Å². The Bertz CT molecular complexity index is 345. The number of benzene rings is 1. The Balaban J connectivity index is 3.25. The summed E-state index contributed by atoms with van der Waals surface area (Å²) in [6, 6.07) is 9.38. The number of hydrogen-bond donors (Lipinski definition) is 1. The molecule has 0 aliphatic rings. The number of allylic oxidation sites excluding steroid dienone is 1. The summed E-state index contributed by atoms with van der Waals surface area (Å²) in [5, 5.41) is 8.73. The molecule has 0 aliphatic carbocycles. The minimum absolute atomic E-state index is 0.619. The van der Waals surface area contributed by atoms with Gasteiger partial charge in [-0.05, 0) is 13.0 Å². The van der Waals surface area contributed by atoms with E-state index in [0.717, 1.165) is 5.56 Å². The van der Waals surface area contributed by atoms with Crippen LogP contribution in [-0.4, -0.2) is 0 Å². The number of nitrogens with two attached hydrogens (primary N) is 1. The Morgan fingerprint density at radius 2 is 2.17 bits per heavy atom. The van der Waals surface area contributed by atoms with Crippen LogP contribution in [0.2, 0.25) is 0 Å². The lowest BCUT2D eigenvalue weighted by Crippen LogP contribution is -1.97. The van der Waals surface area contributed by atoms with Gasteiger partial charge in [0.15, 0.2) is 0 Å². The van der Waals surface area contributed by atoms with Crippen molar-refractivity contribution in [3.05, 3.63) is 41.5 Å². The first-order valence-electron chi connectivity index (χ1n) is 3.71. The summed E-state index contributed by atoms with van der Waals surface area (Å²) in [7, 11) is 0. The summed E-state index contributed by atoms with van der Waals surface area (Å²) in [6.07, 6.45) is 1.79. The fourth-order valence-electron chi connectivity index (χ4n) is 0.988. The number of rotatable bonds is 1. The van der Waals surface area contributed by atoms with E-state index in [-0.39, 0.29) is 0 Å². The average Bonchev–Trinajstić information content (AvgIpc) is 2.16. The second-order valence-corrected chi connectivity index (χ2v) is 2.40. The summed E-state index contributed by atoms with van der Waals surface area (Å²) in [5.74, 6) is 0. The monoisotopic (exact) mass is 158 g/mol. The molecule has 0 heterocycles. The Kier molecular flexibility index (Phi) is 2.49. The molecule has 2 N–H and O–H groups in total. The normalized spacial score (nSPS) is 10.8. The van der Waals surface area contributed by atoms with Gasteiger partial charge in [0.05, 0.1) is 11.6 Å². The van der Waals surface area contributed by atoms with Crippen molar-refractivity contribution in [2.75, 3.05) is 0 Å². The summed E-state index contributed by atoms with van der Waals surface area (Å²) >= 11 is 0. The first-order valence-corrected chi connectivity index (χ1v) is 3.71. The molecule has 1 aromatic carbocycles. The van der Waals surface area contributed by atoms with Gasteiger partial charge in [-0.1, -0.05) is 24.3 Å². The molecule has 0 aromatic heterocycles. The maximum atomic E-state index is 8.73. The number of nitriles is 1. The third-order valence-corrected chi connectivity index (χ3v) is 1.67. The molecule has 12 heavy (non-hydrogen) atoms. The van der Waals surface area contributed by atoms with Gasteiger partial charge in [-0.3, -0.25) is 0 Å². The Morgan fingerprint density at radius 3 is 2.75 bits per heavy atom. The molecule has 0 saturated carbocycles. The zero-order chi connectivity index (χ0) is 8.97. The van der Waals surface area contributed by atoms with Crippen LogP contribution >= 0.6 is 0 Å². The molecule has 60 valence electrons. The topological polar surface area (TPSA) is 49.8 Å². The molecule has 0 amide bonds. The maximum absolute atomic E-state index is 8.73. The van der Waals surface area contributed by atoms with E-state index in [2.05, 4.69) is 6.07 Å². The molecule has 0 fully saturated rings. The van der Waals surface area contributed by atoms with Gasteiger partial charge in [0, 0.05) is 11.3 Å². The smallest absolute Gasteiger partial charge is 0.0998 e. The highest BCUT2D eigenvalue weighted by atomic mass is 14.6. The zero-order valence-electron chi connectivity index (χ0n) is 6.91. The van der Waals surface area contributed by atoms with Crippen molar-refractivity contribution < 1.29 is 0 Å². The van der Waals surface area contributed by atoms with E-state index in [4.69, 9.17) is 11.0 Å². The van der Waals surface area contributed by atoms with E-state index in [0.29, 0.717) is 11.3 Å². The van der Waals surface area contributed by atoms with Crippen molar-refractivity contribution in [1.82, 2.24) is 0 Å². The second kappa shape index (κ2) is 3.59. The van der Waals surface area contributed by atoms with Crippen LogP contribution in [0.15, 0.2) is 30.3 Å². The van der Waals surface area contributed by atoms with Crippen molar-refractivity contribution in [2.45, 2.75) is 6.92 Å². The third kappa shape index (κ3) is 1.46. The summed E-state index contributed by atoms with van der Waals surface area (Å²) in [6.45, 7) is 1.85. The molecule has 0 aliphatic heterocycles. The third-order valence-electron chi connectivity index (χ3n) is 1.67. The van der Waals surface area contributed by atoms with Crippen LogP contribution in [-0.2, 0) is 0 Å². The van der Waals surface area contributed by atoms with E-state index in [1.165, 1.54) is 0 Å². The van der Waals surface area contributed by atoms with Crippen molar-refractivity contribution >= 4 is 5.70 Å². The molecule has 0 spiro atoms. The van der Waals surface area contributed by atoms with E-state index >= 15 is 0 Å². The van der Waals surface area contributed by atoms with Gasteiger partial charge >= 0.3 is 0 Å². The van der Waals surface area contributed by atoms with Crippen molar-refractivity contribution in [1.29, 1.82) is 5.26 Å². The lowest BCUT2D eigenvalue weighted by atomic mass is 10.1. The summed E-state index contributed by atoms with van der Waals surface area (Å²) < 4.78 is 0. The van der Waals surface area contributed by atoms with Gasteiger partial charge in [0.1, 0.15) is 0 Å². The molecule has 0 unspecified atom stereocenters. The minimum Gasteiger partial charge on any atom is -0.398 e. The molecule has 1 rings (SSSR count). The van der Waals surface area contributed by atoms with E-state index in [9.17, 15) is 0 Å². The highest BCUT2D eigenvalue weighted by Crippen LogP contribution is 2.13. The van der Waals surface area contributed by atoms with Crippen LogP contribution in [0, 0.1) is 11.3 Å². The standard InChI is InChI=1S/C10H10N2/c1-2-10(12)9-6-4-3-5-8(9)7-11/h2-6H,12H2,1H3. The Hall–Kier alpha value is -1.75. The van der Waals surface area contributed by atoms with Crippen LogP contribution in [0.5, 0.6) is 0 Å². The molecule has 0 atom stereocenters. The van der Waals surface area contributed by atoms with Crippen LogP contribution in [0.4, 0.5) is 0 Å². The van der Waals surface area contributed by atoms with Crippen LogP contribution in [0.1, 0.15) is 18.1 Å². The zero-order valence-corrected chi connectivity index (χ0v) is 6.91. The quantitative estimate of drug-likeness (QED) is 0.678. The van der Waals surface area contributed by atoms with Gasteiger partial charge in [0.25, 0.3) is 0 Å². The van der Waals surface area contributed by atoms with E-state index < -0.39 is 0 Å². The SMILES string of the molecule is CC=C(N)c1ccccc1C#N. The van der Waals surface area contributed by atoms with Crippen molar-refractivity contribution in [2.24, 2.45) is 5.73 Å². The fourth-order valence-corrected chi connectivity index (χ4v) is 0.988. The van der Waals surface area contributed by atoms with Gasteiger partial charge in [-0.2, -0.15) is 5.26 Å². The second-order valence-electron chi connectivity index (χ2n) is 2.40. The van der Waals surface area contributed by atoms with Gasteiger partial charge < -0.3 is 5.73 Å². The van der Waals surface area contributed by atoms with E-state index in [1.807, 2.05) is 25.1 Å². The molecular formula is C10H10N2. The summed E-state index contributed by atoms with van der Waals surface area (Å²) in [4.78, 5) is 0. The molecule has 2 heteroatoms. The summed E-state index contributed by atoms with van der Waals surface area (Å²) in [5.41, 5.74) is 7.75. The van der Waals surface area contributed by atoms with E-state index in [1.54, 1.807) is 12.1 Å². The Labute approximate surface area is 71.9 Å². The Morgan fingerprint density at radius 1 is 1.50 bits per heavy atom. The first-order chi connectivity index (χ1) is 5.79. The number of hydrogen-bond acceptors (Lipinski definition) is 2. The first kappa shape index (κ1) is 8.35. The van der Waals surface area contributed by atoms with Gasteiger partial charge in [-0.25, -0.2) is 0 Å². The molecule has 0 radical (unpaired) electrons. The van der Waals surface area contributed by atoms with Gasteiger partial charge in [0.2, 0.25) is 0 Å². The molecule has 0 bridgehead atoms. The molecule has 2 nitrogen and oxygen atoms in total. The maximum Gasteiger partial charge on any atom is 0.0998 e. The molecular weight excluding hydrogens is 148 g/mol. The lowest BCUT2D eigenvalue weighted by Gasteiger charge is -2.01. The van der Waals surface area contributed by atoms with Crippen LogP contribution in [0.25, 0.3) is 5.70 Å². The van der Waals surface area contributed by atoms with Crippen LogP contribution in [0.3, 0.4) is 0 Å². The highest BCUT2D eigenvalue weighted by molar-refractivity contribution is 5.67. The largest absolute Gasteiger partial charge is 0.398 e. The lowest BCUT2D eigenvalue weighted by molar-refractivity contribution is 1.42. The predicted molar refractivity (Wildman–Crippen MR) is 49.0 cm³/mol. The van der Waals surface area contributed by atoms with Crippen LogP contribution < -0.4 is 5.73 Å². The minimum atomic E-state index is 0.619. The van der Waals surface area contributed by atoms with Crippen molar-refractivity contribution in [3.8, 4) is 6.07 Å². The molecule has 0 saturated heterocycles. The molecule has 1 aromatic rings. The highest BCUT2D eigenvalue weighted by Gasteiger charge is 2.00. The predicted octanol–water partition coefficient (Wildman–Crippen LogP) is 1.88. The fraction of sp³-hybridized carbons (Fsp3) is 0.100. The number of nitrogens with zero attached hydrogens (tertiary/aromatic N) is 1. The average molecular weight is 158 g/mol.